The van der Waals surface area contributed by atoms with Gasteiger partial charge in [0, 0.05) is 30.7 Å². The fourth-order valence-corrected chi connectivity index (χ4v) is 1.91. The molecule has 0 saturated carbocycles. The quantitative estimate of drug-likeness (QED) is 0.772. The van der Waals surface area contributed by atoms with Crippen LogP contribution in [0.4, 0.5) is 15.8 Å². The Kier molecular flexibility index (Phi) is 3.59. The molecule has 17 heavy (non-hydrogen) atoms. The van der Waals surface area contributed by atoms with Crippen LogP contribution in [0.5, 0.6) is 0 Å². The van der Waals surface area contributed by atoms with Crippen molar-refractivity contribution in [2.45, 2.75) is 5.88 Å². The van der Waals surface area contributed by atoms with Gasteiger partial charge in [0.25, 0.3) is 0 Å². The number of pyridine rings is 1. The minimum Gasteiger partial charge on any atom is -0.342 e. The molecule has 0 aliphatic heterocycles. The first-order chi connectivity index (χ1) is 8.24. The van der Waals surface area contributed by atoms with Gasteiger partial charge in [-0.3, -0.25) is 4.98 Å². The maximum atomic E-state index is 13.7. The number of hydrogen-bond acceptors (Lipinski definition) is 2. The zero-order valence-corrected chi connectivity index (χ0v) is 10.2. The molecule has 0 radical (unpaired) electrons. The molecule has 0 fully saturated rings. The fraction of sp³-hybridized carbons (Fsp3) is 0.154. The van der Waals surface area contributed by atoms with Crippen molar-refractivity contribution < 1.29 is 4.39 Å². The zero-order chi connectivity index (χ0) is 12.3. The highest BCUT2D eigenvalue weighted by Gasteiger charge is 2.11. The van der Waals surface area contributed by atoms with E-state index in [2.05, 4.69) is 4.98 Å². The van der Waals surface area contributed by atoms with Crippen LogP contribution in [0.1, 0.15) is 5.56 Å². The third-order valence-electron chi connectivity index (χ3n) is 2.60. The first kappa shape index (κ1) is 11.9. The summed E-state index contributed by atoms with van der Waals surface area (Å²) in [5.74, 6) is 0.0921. The van der Waals surface area contributed by atoms with Crippen LogP contribution in [0.3, 0.4) is 0 Å². The van der Waals surface area contributed by atoms with Gasteiger partial charge in [-0.1, -0.05) is 12.1 Å². The molecular formula is C13H12ClFN2. The van der Waals surface area contributed by atoms with Crippen molar-refractivity contribution in [3.63, 3.8) is 0 Å². The molecule has 2 nitrogen and oxygen atoms in total. The largest absolute Gasteiger partial charge is 0.342 e. The van der Waals surface area contributed by atoms with E-state index in [1.54, 1.807) is 35.5 Å². The van der Waals surface area contributed by atoms with Crippen molar-refractivity contribution in [3.05, 3.63) is 54.1 Å². The van der Waals surface area contributed by atoms with Crippen LogP contribution in [0.25, 0.3) is 0 Å². The second-order valence-electron chi connectivity index (χ2n) is 3.65. The predicted octanol–water partition coefficient (Wildman–Crippen LogP) is 3.73. The van der Waals surface area contributed by atoms with Crippen molar-refractivity contribution in [1.29, 1.82) is 0 Å². The Morgan fingerprint density at radius 3 is 2.71 bits per heavy atom. The molecule has 1 aromatic carbocycles. The maximum Gasteiger partial charge on any atom is 0.146 e. The number of halogens is 2. The third kappa shape index (κ3) is 2.39. The fourth-order valence-electron chi connectivity index (χ4n) is 1.70. The highest BCUT2D eigenvalue weighted by Crippen LogP contribution is 2.28. The molecule has 2 aromatic rings. The van der Waals surface area contributed by atoms with Gasteiger partial charge in [-0.15, -0.1) is 11.6 Å². The predicted molar refractivity (Wildman–Crippen MR) is 68.3 cm³/mol. The number of benzene rings is 1. The van der Waals surface area contributed by atoms with E-state index < -0.39 is 0 Å². The summed E-state index contributed by atoms with van der Waals surface area (Å²) < 4.78 is 13.7. The second kappa shape index (κ2) is 5.15. The van der Waals surface area contributed by atoms with E-state index in [4.69, 9.17) is 11.6 Å². The highest BCUT2D eigenvalue weighted by atomic mass is 35.5. The maximum absolute atomic E-state index is 13.7. The number of para-hydroxylation sites is 1. The molecule has 4 heteroatoms. The minimum atomic E-state index is -0.257. The van der Waals surface area contributed by atoms with E-state index in [0.717, 1.165) is 11.3 Å². The SMILES string of the molecule is CN(c1ccccc1F)c1ccncc1CCl. The summed E-state index contributed by atoms with van der Waals surface area (Å²) in [5, 5.41) is 0. The van der Waals surface area contributed by atoms with Crippen molar-refractivity contribution in [2.24, 2.45) is 0 Å². The first-order valence-electron chi connectivity index (χ1n) is 5.21. The zero-order valence-electron chi connectivity index (χ0n) is 9.40. The van der Waals surface area contributed by atoms with Crippen LogP contribution in [-0.4, -0.2) is 12.0 Å². The van der Waals surface area contributed by atoms with E-state index in [0.29, 0.717) is 11.6 Å². The number of hydrogen-bond donors (Lipinski definition) is 0. The molecule has 0 bridgehead atoms. The Bertz CT molecular complexity index is 516. The molecule has 0 amide bonds. The van der Waals surface area contributed by atoms with Crippen LogP contribution in [0, 0.1) is 5.82 Å². The van der Waals surface area contributed by atoms with Crippen molar-refractivity contribution in [1.82, 2.24) is 4.98 Å². The molecule has 1 aromatic heterocycles. The Hall–Kier alpha value is -1.61. The van der Waals surface area contributed by atoms with Crippen molar-refractivity contribution in [3.8, 4) is 0 Å². The number of rotatable bonds is 3. The van der Waals surface area contributed by atoms with Gasteiger partial charge in [0.1, 0.15) is 5.82 Å². The molecule has 0 saturated heterocycles. The summed E-state index contributed by atoms with van der Waals surface area (Å²) in [6, 6.07) is 8.46. The molecular weight excluding hydrogens is 239 g/mol. The van der Waals surface area contributed by atoms with Crippen LogP contribution < -0.4 is 4.90 Å². The molecule has 0 unspecified atom stereocenters. The summed E-state index contributed by atoms with van der Waals surface area (Å²) in [5.41, 5.74) is 2.25. The van der Waals surface area contributed by atoms with E-state index in [1.165, 1.54) is 6.07 Å². The number of aromatic nitrogens is 1. The van der Waals surface area contributed by atoms with Crippen LogP contribution >= 0.6 is 11.6 Å². The van der Waals surface area contributed by atoms with E-state index in [1.807, 2.05) is 13.1 Å². The second-order valence-corrected chi connectivity index (χ2v) is 3.92. The highest BCUT2D eigenvalue weighted by molar-refractivity contribution is 6.17. The molecule has 0 N–H and O–H groups in total. The monoisotopic (exact) mass is 250 g/mol. The van der Waals surface area contributed by atoms with Gasteiger partial charge in [-0.05, 0) is 18.2 Å². The third-order valence-corrected chi connectivity index (χ3v) is 2.88. The van der Waals surface area contributed by atoms with Gasteiger partial charge >= 0.3 is 0 Å². The summed E-state index contributed by atoms with van der Waals surface area (Å²) in [7, 11) is 1.81. The molecule has 1 heterocycles. The summed E-state index contributed by atoms with van der Waals surface area (Å²) >= 11 is 5.84. The standard InChI is InChI=1S/C13H12ClFN2/c1-17(13-5-3-2-4-11(13)15)12-6-7-16-9-10(12)8-14/h2-7,9H,8H2,1H3. The van der Waals surface area contributed by atoms with E-state index in [9.17, 15) is 4.39 Å². The summed E-state index contributed by atoms with van der Waals surface area (Å²) in [6.45, 7) is 0. The van der Waals surface area contributed by atoms with Gasteiger partial charge < -0.3 is 4.90 Å². The summed E-state index contributed by atoms with van der Waals surface area (Å²) in [4.78, 5) is 5.78. The smallest absolute Gasteiger partial charge is 0.146 e. The Labute approximate surface area is 105 Å². The summed E-state index contributed by atoms with van der Waals surface area (Å²) in [6.07, 6.45) is 3.36. The van der Waals surface area contributed by atoms with Crippen LogP contribution in [0.2, 0.25) is 0 Å². The number of anilines is 2. The molecule has 0 spiro atoms. The average Bonchev–Trinajstić information content (AvgIpc) is 2.38. The van der Waals surface area contributed by atoms with Gasteiger partial charge in [0.15, 0.2) is 0 Å². The lowest BCUT2D eigenvalue weighted by Gasteiger charge is -2.22. The minimum absolute atomic E-state index is 0.257. The first-order valence-corrected chi connectivity index (χ1v) is 5.74. The lowest BCUT2D eigenvalue weighted by Crippen LogP contribution is -2.13. The van der Waals surface area contributed by atoms with Gasteiger partial charge in [-0.2, -0.15) is 0 Å². The molecule has 0 aliphatic carbocycles. The number of alkyl halides is 1. The van der Waals surface area contributed by atoms with Crippen LogP contribution in [0.15, 0.2) is 42.7 Å². The Balaban J connectivity index is 2.44. The van der Waals surface area contributed by atoms with Crippen molar-refractivity contribution in [2.75, 3.05) is 11.9 Å². The van der Waals surface area contributed by atoms with Crippen LogP contribution in [-0.2, 0) is 5.88 Å². The Morgan fingerprint density at radius 1 is 1.24 bits per heavy atom. The Morgan fingerprint density at radius 2 is 2.00 bits per heavy atom. The average molecular weight is 251 g/mol. The normalized spacial score (nSPS) is 10.3. The van der Waals surface area contributed by atoms with E-state index in [-0.39, 0.29) is 5.82 Å². The molecule has 2 rings (SSSR count). The van der Waals surface area contributed by atoms with Gasteiger partial charge in [-0.25, -0.2) is 4.39 Å². The number of nitrogens with zero attached hydrogens (tertiary/aromatic N) is 2. The van der Waals surface area contributed by atoms with Gasteiger partial charge in [0.2, 0.25) is 0 Å². The molecule has 88 valence electrons. The molecule has 0 atom stereocenters. The molecule has 0 aliphatic rings. The topological polar surface area (TPSA) is 16.1 Å². The van der Waals surface area contributed by atoms with Crippen molar-refractivity contribution >= 4 is 23.0 Å². The van der Waals surface area contributed by atoms with E-state index >= 15 is 0 Å². The lowest BCUT2D eigenvalue weighted by molar-refractivity contribution is 0.627. The van der Waals surface area contributed by atoms with Gasteiger partial charge in [0.05, 0.1) is 11.6 Å². The lowest BCUT2D eigenvalue weighted by atomic mass is 10.2.